The van der Waals surface area contributed by atoms with Crippen molar-refractivity contribution in [3.05, 3.63) is 51.8 Å². The molecule has 0 radical (unpaired) electrons. The highest BCUT2D eigenvalue weighted by Gasteiger charge is 2.14. The van der Waals surface area contributed by atoms with Crippen LogP contribution < -0.4 is 5.56 Å². The highest BCUT2D eigenvalue weighted by Crippen LogP contribution is 2.24. The van der Waals surface area contributed by atoms with Crippen molar-refractivity contribution in [2.24, 2.45) is 0 Å². The topological polar surface area (TPSA) is 45.8 Å². The van der Waals surface area contributed by atoms with Gasteiger partial charge in [0, 0.05) is 18.2 Å². The minimum absolute atomic E-state index is 0.00106. The van der Waals surface area contributed by atoms with Crippen LogP contribution in [0.5, 0.6) is 0 Å². The van der Waals surface area contributed by atoms with Gasteiger partial charge in [0.25, 0.3) is 5.56 Å². The monoisotopic (exact) mass is 236 g/mol. The Morgan fingerprint density at radius 1 is 1.39 bits per heavy atom. The van der Waals surface area contributed by atoms with Gasteiger partial charge in [0.05, 0.1) is 11.6 Å². The summed E-state index contributed by atoms with van der Waals surface area (Å²) >= 11 is 0. The molecule has 1 aromatic carbocycles. The molecular formula is C15H12N2O. The molecular weight excluding hydrogens is 224 g/mol. The van der Waals surface area contributed by atoms with Crippen LogP contribution in [0.2, 0.25) is 0 Å². The molecule has 3 heteroatoms. The summed E-state index contributed by atoms with van der Waals surface area (Å²) in [6.45, 7) is 0.764. The van der Waals surface area contributed by atoms with Crippen molar-refractivity contribution in [2.45, 2.75) is 19.4 Å². The average molecular weight is 236 g/mol. The molecule has 2 aromatic rings. The Morgan fingerprint density at radius 2 is 2.28 bits per heavy atom. The second-order valence-corrected chi connectivity index (χ2v) is 4.48. The zero-order valence-electron chi connectivity index (χ0n) is 9.89. The number of nitrogens with zero attached hydrogens (tertiary/aromatic N) is 2. The summed E-state index contributed by atoms with van der Waals surface area (Å²) in [6, 6.07) is 9.92. The molecule has 0 fully saturated rings. The van der Waals surface area contributed by atoms with E-state index in [2.05, 4.69) is 6.07 Å². The van der Waals surface area contributed by atoms with E-state index in [0.717, 1.165) is 30.3 Å². The van der Waals surface area contributed by atoms with Gasteiger partial charge in [-0.1, -0.05) is 18.2 Å². The smallest absolute Gasteiger partial charge is 0.258 e. The lowest BCUT2D eigenvalue weighted by molar-refractivity contribution is 0.615. The van der Waals surface area contributed by atoms with Crippen molar-refractivity contribution < 1.29 is 0 Å². The highest BCUT2D eigenvalue weighted by atomic mass is 16.1. The van der Waals surface area contributed by atoms with E-state index in [0.29, 0.717) is 5.56 Å². The van der Waals surface area contributed by atoms with Crippen LogP contribution in [0.4, 0.5) is 0 Å². The maximum atomic E-state index is 12.3. The molecule has 0 N–H and O–H groups in total. The summed E-state index contributed by atoms with van der Waals surface area (Å²) in [5.41, 5.74) is 2.89. The number of nitriles is 1. The zero-order chi connectivity index (χ0) is 12.5. The summed E-state index contributed by atoms with van der Waals surface area (Å²) in [4.78, 5) is 12.3. The number of rotatable bonds is 1. The zero-order valence-corrected chi connectivity index (χ0v) is 9.89. The molecule has 0 atom stereocenters. The lowest BCUT2D eigenvalue weighted by atomic mass is 10.00. The SMILES string of the molecule is N#C/C=C/c1cc2cccc3c2n(c1=O)CCC3. The van der Waals surface area contributed by atoms with Gasteiger partial charge in [-0.25, -0.2) is 0 Å². The van der Waals surface area contributed by atoms with Crippen LogP contribution >= 0.6 is 0 Å². The molecule has 1 aliphatic rings. The van der Waals surface area contributed by atoms with Crippen molar-refractivity contribution in [1.82, 2.24) is 4.57 Å². The van der Waals surface area contributed by atoms with Crippen molar-refractivity contribution in [1.29, 1.82) is 5.26 Å². The van der Waals surface area contributed by atoms with Gasteiger partial charge < -0.3 is 4.57 Å². The van der Waals surface area contributed by atoms with Crippen molar-refractivity contribution in [2.75, 3.05) is 0 Å². The van der Waals surface area contributed by atoms with Gasteiger partial charge in [0.1, 0.15) is 0 Å². The number of aryl methyl sites for hydroxylation is 2. The molecule has 18 heavy (non-hydrogen) atoms. The van der Waals surface area contributed by atoms with E-state index in [4.69, 9.17) is 5.26 Å². The van der Waals surface area contributed by atoms with Crippen molar-refractivity contribution in [3.63, 3.8) is 0 Å². The van der Waals surface area contributed by atoms with E-state index in [9.17, 15) is 4.79 Å². The van der Waals surface area contributed by atoms with Gasteiger partial charge in [-0.3, -0.25) is 4.79 Å². The number of hydrogen-bond donors (Lipinski definition) is 0. The normalized spacial score (nSPS) is 13.9. The van der Waals surface area contributed by atoms with Crippen LogP contribution in [0.15, 0.2) is 35.1 Å². The van der Waals surface area contributed by atoms with E-state index in [1.807, 2.05) is 28.8 Å². The minimum Gasteiger partial charge on any atom is -0.307 e. The minimum atomic E-state index is 0.00106. The Balaban J connectivity index is 2.39. The van der Waals surface area contributed by atoms with Gasteiger partial charge in [-0.05, 0) is 35.9 Å². The van der Waals surface area contributed by atoms with Crippen LogP contribution in [0.1, 0.15) is 17.5 Å². The van der Waals surface area contributed by atoms with Gasteiger partial charge in [-0.2, -0.15) is 5.26 Å². The fourth-order valence-electron chi connectivity index (χ4n) is 2.63. The van der Waals surface area contributed by atoms with Crippen molar-refractivity contribution in [3.8, 4) is 6.07 Å². The predicted octanol–water partition coefficient (Wildman–Crippen LogP) is 2.48. The quantitative estimate of drug-likeness (QED) is 0.714. The van der Waals surface area contributed by atoms with E-state index < -0.39 is 0 Å². The fraction of sp³-hybridized carbons (Fsp3) is 0.200. The largest absolute Gasteiger partial charge is 0.307 e. The first-order chi connectivity index (χ1) is 8.81. The Bertz CT molecular complexity index is 747. The maximum absolute atomic E-state index is 12.3. The van der Waals surface area contributed by atoms with Crippen LogP contribution in [-0.2, 0) is 13.0 Å². The third-order valence-electron chi connectivity index (χ3n) is 3.39. The van der Waals surface area contributed by atoms with Gasteiger partial charge in [-0.15, -0.1) is 0 Å². The Hall–Kier alpha value is -2.34. The molecule has 0 saturated heterocycles. The van der Waals surface area contributed by atoms with E-state index in [1.54, 1.807) is 6.08 Å². The van der Waals surface area contributed by atoms with Crippen LogP contribution in [0, 0.1) is 11.3 Å². The highest BCUT2D eigenvalue weighted by molar-refractivity contribution is 5.84. The fourth-order valence-corrected chi connectivity index (χ4v) is 2.63. The van der Waals surface area contributed by atoms with E-state index in [1.165, 1.54) is 11.6 Å². The first-order valence-corrected chi connectivity index (χ1v) is 6.03. The average Bonchev–Trinajstić information content (AvgIpc) is 2.41. The first-order valence-electron chi connectivity index (χ1n) is 6.03. The molecule has 0 aliphatic carbocycles. The number of aromatic nitrogens is 1. The van der Waals surface area contributed by atoms with Gasteiger partial charge >= 0.3 is 0 Å². The summed E-state index contributed by atoms with van der Waals surface area (Å²) in [5.74, 6) is 0. The second-order valence-electron chi connectivity index (χ2n) is 4.48. The maximum Gasteiger partial charge on any atom is 0.258 e. The van der Waals surface area contributed by atoms with E-state index in [-0.39, 0.29) is 5.56 Å². The summed E-state index contributed by atoms with van der Waals surface area (Å²) < 4.78 is 1.84. The van der Waals surface area contributed by atoms with Gasteiger partial charge in [0.15, 0.2) is 0 Å². The molecule has 2 heterocycles. The number of para-hydroxylation sites is 1. The first kappa shape index (κ1) is 10.8. The second kappa shape index (κ2) is 4.15. The molecule has 0 bridgehead atoms. The third kappa shape index (κ3) is 1.54. The molecule has 1 aromatic heterocycles. The van der Waals surface area contributed by atoms with Crippen LogP contribution in [0.3, 0.4) is 0 Å². The van der Waals surface area contributed by atoms with Crippen molar-refractivity contribution >= 4 is 17.0 Å². The van der Waals surface area contributed by atoms with Crippen LogP contribution in [0.25, 0.3) is 17.0 Å². The summed E-state index contributed by atoms with van der Waals surface area (Å²) in [6.07, 6.45) is 4.97. The molecule has 0 unspecified atom stereocenters. The standard InChI is InChI=1S/C15H12N2O/c16-8-2-6-13-10-12-5-1-4-11-7-3-9-17(14(11)12)15(13)18/h1-2,4-6,10H,3,7,9H2/b6-2+. The molecule has 88 valence electrons. The van der Waals surface area contributed by atoms with Gasteiger partial charge in [0.2, 0.25) is 0 Å². The molecule has 1 aliphatic heterocycles. The van der Waals surface area contributed by atoms with Crippen LogP contribution in [-0.4, -0.2) is 4.57 Å². The molecule has 0 saturated carbocycles. The third-order valence-corrected chi connectivity index (χ3v) is 3.39. The summed E-state index contributed by atoms with van der Waals surface area (Å²) in [5, 5.41) is 9.64. The number of hydrogen-bond acceptors (Lipinski definition) is 2. The molecule has 3 rings (SSSR count). The predicted molar refractivity (Wildman–Crippen MR) is 71.2 cm³/mol. The summed E-state index contributed by atoms with van der Waals surface area (Å²) in [7, 11) is 0. The Labute approximate surface area is 105 Å². The Morgan fingerprint density at radius 3 is 3.11 bits per heavy atom. The molecule has 0 amide bonds. The van der Waals surface area contributed by atoms with E-state index >= 15 is 0 Å². The Kier molecular flexibility index (Phi) is 2.49. The molecule has 3 nitrogen and oxygen atoms in total. The number of benzene rings is 1. The number of pyridine rings is 1. The lowest BCUT2D eigenvalue weighted by Crippen LogP contribution is -2.26. The molecule has 0 spiro atoms. The lowest BCUT2D eigenvalue weighted by Gasteiger charge is -2.19. The number of allylic oxidation sites excluding steroid dienone is 1.